The van der Waals surface area contributed by atoms with E-state index in [4.69, 9.17) is 4.74 Å². The van der Waals surface area contributed by atoms with Gasteiger partial charge < -0.3 is 15.4 Å². The Kier molecular flexibility index (Phi) is 6.99. The van der Waals surface area contributed by atoms with Gasteiger partial charge in [-0.25, -0.2) is 4.98 Å². The number of fused-ring (bicyclic) bond motifs is 1. The number of anilines is 1. The van der Waals surface area contributed by atoms with Gasteiger partial charge in [0.1, 0.15) is 5.75 Å². The van der Waals surface area contributed by atoms with Crippen LogP contribution in [-0.4, -0.2) is 29.9 Å². The van der Waals surface area contributed by atoms with Crippen LogP contribution in [0.5, 0.6) is 5.75 Å². The maximum Gasteiger partial charge on any atom is 0.226 e. The van der Waals surface area contributed by atoms with E-state index in [2.05, 4.69) is 15.6 Å². The molecule has 0 fully saturated rings. The Morgan fingerprint density at radius 2 is 2.08 bits per heavy atom. The second-order valence-corrected chi connectivity index (χ2v) is 6.45. The molecule has 0 spiro atoms. The van der Waals surface area contributed by atoms with Crippen LogP contribution in [0.4, 0.5) is 5.13 Å². The molecule has 24 heavy (non-hydrogen) atoms. The zero-order chi connectivity index (χ0) is 17.4. The first-order valence-corrected chi connectivity index (χ1v) is 8.98. The fourth-order valence-electron chi connectivity index (χ4n) is 2.25. The Labute approximate surface area is 145 Å². The molecule has 0 saturated carbocycles. The van der Waals surface area contributed by atoms with E-state index in [0.717, 1.165) is 35.2 Å². The smallest absolute Gasteiger partial charge is 0.226 e. The molecule has 0 bridgehead atoms. The number of amides is 2. The van der Waals surface area contributed by atoms with Crippen LogP contribution >= 0.6 is 11.3 Å². The maximum absolute atomic E-state index is 12.0. The Hall–Kier alpha value is -2.15. The molecule has 1 aromatic carbocycles. The molecule has 130 valence electrons. The topological polar surface area (TPSA) is 80.3 Å². The number of thiazole rings is 1. The van der Waals surface area contributed by atoms with E-state index in [9.17, 15) is 9.59 Å². The first kappa shape index (κ1) is 18.2. The average Bonchev–Trinajstić information content (AvgIpc) is 2.92. The first-order valence-electron chi connectivity index (χ1n) is 8.16. The van der Waals surface area contributed by atoms with Crippen molar-refractivity contribution in [2.45, 2.75) is 39.5 Å². The SMILES string of the molecule is CCOc1ccc2nc(NC(=O)CCCCCNC(C)=O)sc2c1. The van der Waals surface area contributed by atoms with E-state index < -0.39 is 0 Å². The van der Waals surface area contributed by atoms with Gasteiger partial charge >= 0.3 is 0 Å². The third-order valence-corrected chi connectivity index (χ3v) is 4.31. The summed E-state index contributed by atoms with van der Waals surface area (Å²) in [5.41, 5.74) is 0.856. The molecule has 1 heterocycles. The lowest BCUT2D eigenvalue weighted by molar-refractivity contribution is -0.119. The fraction of sp³-hybridized carbons (Fsp3) is 0.471. The highest BCUT2D eigenvalue weighted by atomic mass is 32.1. The highest BCUT2D eigenvalue weighted by molar-refractivity contribution is 7.22. The van der Waals surface area contributed by atoms with E-state index in [1.54, 1.807) is 0 Å². The van der Waals surface area contributed by atoms with Crippen molar-refractivity contribution in [3.63, 3.8) is 0 Å². The van der Waals surface area contributed by atoms with Crippen molar-refractivity contribution in [2.24, 2.45) is 0 Å². The van der Waals surface area contributed by atoms with E-state index in [0.29, 0.717) is 24.7 Å². The highest BCUT2D eigenvalue weighted by Crippen LogP contribution is 2.29. The summed E-state index contributed by atoms with van der Waals surface area (Å²) in [5.74, 6) is 0.764. The lowest BCUT2D eigenvalue weighted by Gasteiger charge is -2.03. The molecule has 6 nitrogen and oxygen atoms in total. The molecule has 2 amide bonds. The van der Waals surface area contributed by atoms with Gasteiger partial charge in [0, 0.05) is 19.9 Å². The van der Waals surface area contributed by atoms with Crippen LogP contribution in [0.15, 0.2) is 18.2 Å². The zero-order valence-electron chi connectivity index (χ0n) is 14.1. The van der Waals surface area contributed by atoms with Crippen molar-refractivity contribution in [1.29, 1.82) is 0 Å². The van der Waals surface area contributed by atoms with Gasteiger partial charge in [0.25, 0.3) is 0 Å². The second kappa shape index (κ2) is 9.22. The Morgan fingerprint density at radius 3 is 2.83 bits per heavy atom. The summed E-state index contributed by atoms with van der Waals surface area (Å²) in [4.78, 5) is 27.1. The van der Waals surface area contributed by atoms with Crippen molar-refractivity contribution in [1.82, 2.24) is 10.3 Å². The number of aromatic nitrogens is 1. The van der Waals surface area contributed by atoms with Crippen molar-refractivity contribution in [3.8, 4) is 5.75 Å². The summed E-state index contributed by atoms with van der Waals surface area (Å²) in [6, 6.07) is 5.72. The monoisotopic (exact) mass is 349 g/mol. The maximum atomic E-state index is 12.0. The Balaban J connectivity index is 1.77. The lowest BCUT2D eigenvalue weighted by Crippen LogP contribution is -2.20. The minimum atomic E-state index is -0.0291. The summed E-state index contributed by atoms with van der Waals surface area (Å²) >= 11 is 1.45. The number of nitrogens with zero attached hydrogens (tertiary/aromatic N) is 1. The molecule has 7 heteroatoms. The Bertz CT molecular complexity index is 699. The predicted octanol–water partition coefficient (Wildman–Crippen LogP) is 3.33. The molecule has 2 rings (SSSR count). The molecule has 0 aliphatic heterocycles. The number of carbonyl (C=O) groups is 2. The van der Waals surface area contributed by atoms with Crippen LogP contribution in [0.3, 0.4) is 0 Å². The summed E-state index contributed by atoms with van der Waals surface area (Å²) in [5, 5.41) is 6.21. The molecule has 0 aliphatic rings. The van der Waals surface area contributed by atoms with Crippen LogP contribution < -0.4 is 15.4 Å². The number of unbranched alkanes of at least 4 members (excludes halogenated alkanes) is 2. The number of hydrogen-bond acceptors (Lipinski definition) is 5. The first-order chi connectivity index (χ1) is 11.6. The third-order valence-electron chi connectivity index (χ3n) is 3.37. The number of benzene rings is 1. The van der Waals surface area contributed by atoms with E-state index in [1.165, 1.54) is 18.3 Å². The van der Waals surface area contributed by atoms with Crippen LogP contribution in [0.25, 0.3) is 10.2 Å². The van der Waals surface area contributed by atoms with Gasteiger partial charge in [-0.1, -0.05) is 17.8 Å². The number of nitrogens with one attached hydrogen (secondary N) is 2. The summed E-state index contributed by atoms with van der Waals surface area (Å²) < 4.78 is 6.46. The van der Waals surface area contributed by atoms with Crippen molar-refractivity contribution >= 4 is 38.5 Å². The van der Waals surface area contributed by atoms with Crippen molar-refractivity contribution < 1.29 is 14.3 Å². The minimum absolute atomic E-state index is 0.0175. The van der Waals surface area contributed by atoms with E-state index in [-0.39, 0.29) is 11.8 Å². The molecular weight excluding hydrogens is 326 g/mol. The second-order valence-electron chi connectivity index (χ2n) is 5.42. The molecule has 0 saturated heterocycles. The third kappa shape index (κ3) is 5.81. The molecule has 2 aromatic rings. The summed E-state index contributed by atoms with van der Waals surface area (Å²) in [7, 11) is 0. The predicted molar refractivity (Wildman–Crippen MR) is 96.6 cm³/mol. The number of carbonyl (C=O) groups excluding carboxylic acids is 2. The van der Waals surface area contributed by atoms with Gasteiger partial charge in [0.2, 0.25) is 11.8 Å². The molecular formula is C17H23N3O3S. The van der Waals surface area contributed by atoms with Gasteiger partial charge in [0.15, 0.2) is 5.13 Å². The van der Waals surface area contributed by atoms with E-state index in [1.807, 2.05) is 25.1 Å². The van der Waals surface area contributed by atoms with E-state index >= 15 is 0 Å². The standard InChI is InChI=1S/C17H23N3O3S/c1-3-23-13-8-9-14-15(11-13)24-17(19-14)20-16(22)7-5-4-6-10-18-12(2)21/h8-9,11H,3-7,10H2,1-2H3,(H,18,21)(H,19,20,22). The molecule has 0 aliphatic carbocycles. The Morgan fingerprint density at radius 1 is 1.25 bits per heavy atom. The summed E-state index contributed by atoms with van der Waals surface area (Å²) in [6.45, 7) is 4.73. The molecule has 0 radical (unpaired) electrons. The normalized spacial score (nSPS) is 10.6. The molecule has 2 N–H and O–H groups in total. The highest BCUT2D eigenvalue weighted by Gasteiger charge is 2.08. The minimum Gasteiger partial charge on any atom is -0.494 e. The number of rotatable bonds is 9. The van der Waals surface area contributed by atoms with Crippen LogP contribution in [-0.2, 0) is 9.59 Å². The number of ether oxygens (including phenoxy) is 1. The zero-order valence-corrected chi connectivity index (χ0v) is 14.9. The number of hydrogen-bond donors (Lipinski definition) is 2. The summed E-state index contributed by atoms with van der Waals surface area (Å²) in [6.07, 6.45) is 3.05. The van der Waals surface area contributed by atoms with Gasteiger partial charge in [-0.05, 0) is 38.0 Å². The van der Waals surface area contributed by atoms with Crippen molar-refractivity contribution in [2.75, 3.05) is 18.5 Å². The largest absolute Gasteiger partial charge is 0.494 e. The van der Waals surface area contributed by atoms with Gasteiger partial charge in [-0.15, -0.1) is 0 Å². The van der Waals surface area contributed by atoms with Gasteiger partial charge in [-0.3, -0.25) is 9.59 Å². The average molecular weight is 349 g/mol. The quantitative estimate of drug-likeness (QED) is 0.681. The molecule has 1 aromatic heterocycles. The van der Waals surface area contributed by atoms with Gasteiger partial charge in [-0.2, -0.15) is 0 Å². The molecule has 0 unspecified atom stereocenters. The molecule has 0 atom stereocenters. The van der Waals surface area contributed by atoms with Crippen LogP contribution in [0.1, 0.15) is 39.5 Å². The van der Waals surface area contributed by atoms with Crippen LogP contribution in [0.2, 0.25) is 0 Å². The van der Waals surface area contributed by atoms with Crippen molar-refractivity contribution in [3.05, 3.63) is 18.2 Å². The fourth-order valence-corrected chi connectivity index (χ4v) is 3.16. The lowest BCUT2D eigenvalue weighted by atomic mass is 10.2. The van der Waals surface area contributed by atoms with Crippen LogP contribution in [0, 0.1) is 0 Å². The van der Waals surface area contributed by atoms with Gasteiger partial charge in [0.05, 0.1) is 16.8 Å².